The molecule has 1 unspecified atom stereocenters. The number of fused-ring (bicyclic) bond motifs is 2. The number of hydrogen-bond acceptors (Lipinski definition) is 6. The van der Waals surface area contributed by atoms with Crippen molar-refractivity contribution >= 4 is 16.9 Å². The van der Waals surface area contributed by atoms with Crippen molar-refractivity contribution in [2.45, 2.75) is 40.2 Å². The summed E-state index contributed by atoms with van der Waals surface area (Å²) in [5.41, 5.74) is 3.33. The summed E-state index contributed by atoms with van der Waals surface area (Å²) in [5, 5.41) is 0.473. The topological polar surface area (TPSA) is 78.2 Å². The summed E-state index contributed by atoms with van der Waals surface area (Å²) in [6.07, 6.45) is 0.871. The number of ether oxygens (including phenoxy) is 3. The summed E-state index contributed by atoms with van der Waals surface area (Å²) in [6, 6.07) is 8.61. The Kier molecular flexibility index (Phi) is 6.93. The molecule has 1 amide bonds. The van der Waals surface area contributed by atoms with E-state index in [-0.39, 0.29) is 17.1 Å². The summed E-state index contributed by atoms with van der Waals surface area (Å²) < 4.78 is 23.0. The summed E-state index contributed by atoms with van der Waals surface area (Å²) in [6.45, 7) is 9.53. The van der Waals surface area contributed by atoms with Crippen LogP contribution < -0.4 is 14.9 Å². The third kappa shape index (κ3) is 4.16. The first-order chi connectivity index (χ1) is 16.4. The lowest BCUT2D eigenvalue weighted by molar-refractivity contribution is 0.0663. The molecule has 0 saturated carbocycles. The maximum atomic E-state index is 13.7. The molecule has 1 aliphatic rings. The lowest BCUT2D eigenvalue weighted by Crippen LogP contribution is -2.32. The number of hydrogen-bond donors (Lipinski definition) is 0. The van der Waals surface area contributed by atoms with Gasteiger partial charge < -0.3 is 23.5 Å². The van der Waals surface area contributed by atoms with Crippen molar-refractivity contribution in [3.05, 3.63) is 68.6 Å². The molecule has 7 nitrogen and oxygen atoms in total. The maximum Gasteiger partial charge on any atom is 0.290 e. The average molecular weight is 466 g/mol. The highest BCUT2D eigenvalue weighted by Crippen LogP contribution is 2.41. The van der Waals surface area contributed by atoms with Crippen LogP contribution in [0.5, 0.6) is 11.5 Å². The van der Waals surface area contributed by atoms with E-state index in [1.54, 1.807) is 12.0 Å². The lowest BCUT2D eigenvalue weighted by Gasteiger charge is -2.25. The maximum absolute atomic E-state index is 13.7. The van der Waals surface area contributed by atoms with Gasteiger partial charge in [-0.15, -0.1) is 0 Å². The van der Waals surface area contributed by atoms with Crippen LogP contribution in [0.1, 0.15) is 59.1 Å². The van der Waals surface area contributed by atoms with Crippen LogP contribution in [0.2, 0.25) is 0 Å². The second-order valence-corrected chi connectivity index (χ2v) is 8.49. The molecule has 0 fully saturated rings. The van der Waals surface area contributed by atoms with Crippen molar-refractivity contribution in [1.29, 1.82) is 0 Å². The van der Waals surface area contributed by atoms with E-state index in [4.69, 9.17) is 18.6 Å². The van der Waals surface area contributed by atoms with Crippen molar-refractivity contribution < 1.29 is 23.4 Å². The van der Waals surface area contributed by atoms with Crippen molar-refractivity contribution in [1.82, 2.24) is 4.90 Å². The van der Waals surface area contributed by atoms with Gasteiger partial charge in [0.05, 0.1) is 36.8 Å². The van der Waals surface area contributed by atoms with E-state index in [2.05, 4.69) is 0 Å². The fourth-order valence-electron chi connectivity index (χ4n) is 4.34. The summed E-state index contributed by atoms with van der Waals surface area (Å²) in [7, 11) is 1.58. The Morgan fingerprint density at radius 1 is 0.971 bits per heavy atom. The Hall–Kier alpha value is -3.32. The molecule has 0 aliphatic carbocycles. The highest BCUT2D eigenvalue weighted by atomic mass is 16.5. The molecule has 1 aliphatic heterocycles. The first kappa shape index (κ1) is 23.8. The van der Waals surface area contributed by atoms with E-state index >= 15 is 0 Å². The second-order valence-electron chi connectivity index (χ2n) is 8.49. The van der Waals surface area contributed by atoms with Gasteiger partial charge in [-0.2, -0.15) is 0 Å². The van der Waals surface area contributed by atoms with Crippen molar-refractivity contribution in [3.8, 4) is 11.5 Å². The van der Waals surface area contributed by atoms with E-state index in [0.29, 0.717) is 54.4 Å². The molecule has 2 heterocycles. The molecule has 3 aromatic rings. The van der Waals surface area contributed by atoms with Crippen LogP contribution in [0.4, 0.5) is 0 Å². The first-order valence-electron chi connectivity index (χ1n) is 11.7. The van der Waals surface area contributed by atoms with Crippen molar-refractivity contribution in [2.24, 2.45) is 0 Å². The number of rotatable bonds is 9. The zero-order valence-electron chi connectivity index (χ0n) is 20.4. The molecule has 7 heteroatoms. The fraction of sp³-hybridized carbons (Fsp3) is 0.407. The third-order valence-electron chi connectivity index (χ3n) is 6.16. The summed E-state index contributed by atoms with van der Waals surface area (Å²) in [5.74, 6) is 0.986. The van der Waals surface area contributed by atoms with E-state index in [0.717, 1.165) is 23.1 Å². The van der Waals surface area contributed by atoms with Gasteiger partial charge in [0, 0.05) is 13.7 Å². The minimum absolute atomic E-state index is 0.0890. The molecule has 0 spiro atoms. The van der Waals surface area contributed by atoms with Crippen LogP contribution in [0.15, 0.2) is 39.5 Å². The minimum Gasteiger partial charge on any atom is -0.490 e. The Labute approximate surface area is 199 Å². The van der Waals surface area contributed by atoms with Gasteiger partial charge in [-0.3, -0.25) is 9.59 Å². The molecule has 0 radical (unpaired) electrons. The predicted octanol–water partition coefficient (Wildman–Crippen LogP) is 4.79. The fourth-order valence-corrected chi connectivity index (χ4v) is 4.34. The standard InChI is InChI=1S/C27H31NO6/c1-6-11-33-20-9-8-18(15-22(20)32-7-2)24-23-25(29)19-13-16(3)17(4)14-21(19)34-26(23)27(30)28(24)10-12-31-5/h8-9,13-15,24H,6-7,10-12H2,1-5H3. The molecule has 2 aromatic carbocycles. The van der Waals surface area contributed by atoms with Gasteiger partial charge in [0.2, 0.25) is 5.76 Å². The largest absolute Gasteiger partial charge is 0.490 e. The van der Waals surface area contributed by atoms with E-state index in [9.17, 15) is 9.59 Å². The zero-order chi connectivity index (χ0) is 24.4. The molecule has 0 bridgehead atoms. The number of carbonyl (C=O) groups is 1. The van der Waals surface area contributed by atoms with Gasteiger partial charge in [0.25, 0.3) is 5.91 Å². The Morgan fingerprint density at radius 2 is 1.74 bits per heavy atom. The molecular formula is C27H31NO6. The first-order valence-corrected chi connectivity index (χ1v) is 11.7. The number of amides is 1. The van der Waals surface area contributed by atoms with E-state index in [1.807, 2.05) is 58.0 Å². The monoisotopic (exact) mass is 465 g/mol. The Morgan fingerprint density at radius 3 is 2.44 bits per heavy atom. The molecule has 0 saturated heterocycles. The molecule has 4 rings (SSSR count). The van der Waals surface area contributed by atoms with Gasteiger partial charge >= 0.3 is 0 Å². The van der Waals surface area contributed by atoms with Gasteiger partial charge in [0.15, 0.2) is 16.9 Å². The Balaban J connectivity index is 1.91. The molecular weight excluding hydrogens is 434 g/mol. The summed E-state index contributed by atoms with van der Waals surface area (Å²) in [4.78, 5) is 28.8. The number of methoxy groups -OCH3 is 1. The molecule has 1 atom stereocenters. The van der Waals surface area contributed by atoms with Crippen LogP contribution in [-0.4, -0.2) is 44.3 Å². The SMILES string of the molecule is CCCOc1ccc(C2c3c(oc4cc(C)c(C)cc4c3=O)C(=O)N2CCOC)cc1OCC. The van der Waals surface area contributed by atoms with Crippen LogP contribution in [0.3, 0.4) is 0 Å². The molecule has 1 aromatic heterocycles. The van der Waals surface area contributed by atoms with Gasteiger partial charge in [-0.05, 0) is 68.1 Å². The van der Waals surface area contributed by atoms with Gasteiger partial charge in [-0.1, -0.05) is 13.0 Å². The van der Waals surface area contributed by atoms with Crippen LogP contribution in [-0.2, 0) is 4.74 Å². The smallest absolute Gasteiger partial charge is 0.290 e. The third-order valence-corrected chi connectivity index (χ3v) is 6.16. The average Bonchev–Trinajstić information content (AvgIpc) is 3.10. The highest BCUT2D eigenvalue weighted by Gasteiger charge is 2.42. The molecule has 34 heavy (non-hydrogen) atoms. The number of carbonyl (C=O) groups excluding carboxylic acids is 1. The Bertz CT molecular complexity index is 1280. The van der Waals surface area contributed by atoms with Crippen LogP contribution >= 0.6 is 0 Å². The number of benzene rings is 2. The van der Waals surface area contributed by atoms with Crippen molar-refractivity contribution in [2.75, 3.05) is 33.5 Å². The van der Waals surface area contributed by atoms with Crippen LogP contribution in [0, 0.1) is 13.8 Å². The second kappa shape index (κ2) is 9.89. The number of aryl methyl sites for hydroxylation is 2. The van der Waals surface area contributed by atoms with Gasteiger partial charge in [0.1, 0.15) is 5.58 Å². The number of nitrogens with zero attached hydrogens (tertiary/aromatic N) is 1. The van der Waals surface area contributed by atoms with E-state index in [1.165, 1.54) is 0 Å². The predicted molar refractivity (Wildman–Crippen MR) is 130 cm³/mol. The zero-order valence-corrected chi connectivity index (χ0v) is 20.4. The molecule has 180 valence electrons. The molecule has 0 N–H and O–H groups in total. The normalized spacial score (nSPS) is 15.1. The highest BCUT2D eigenvalue weighted by molar-refractivity contribution is 5.99. The lowest BCUT2D eigenvalue weighted by atomic mass is 9.97. The van der Waals surface area contributed by atoms with Crippen LogP contribution in [0.25, 0.3) is 11.0 Å². The van der Waals surface area contributed by atoms with E-state index < -0.39 is 6.04 Å². The summed E-state index contributed by atoms with van der Waals surface area (Å²) >= 11 is 0. The minimum atomic E-state index is -0.612. The van der Waals surface area contributed by atoms with Gasteiger partial charge in [-0.25, -0.2) is 0 Å². The quantitative estimate of drug-likeness (QED) is 0.452. The van der Waals surface area contributed by atoms with Crippen molar-refractivity contribution in [3.63, 3.8) is 0 Å².